The molecular weight excluding hydrogens is 412 g/mol. The van der Waals surface area contributed by atoms with Gasteiger partial charge in [0.1, 0.15) is 11.5 Å². The Kier molecular flexibility index (Phi) is 5.45. The van der Waals surface area contributed by atoms with Crippen molar-refractivity contribution in [2.75, 3.05) is 19.6 Å². The lowest BCUT2D eigenvalue weighted by molar-refractivity contribution is 0.0693. The molecule has 2 aliphatic heterocycles. The Balaban J connectivity index is 1.32. The van der Waals surface area contributed by atoms with E-state index in [4.69, 9.17) is 4.98 Å². The first kappa shape index (κ1) is 20.1. The molecule has 0 saturated carbocycles. The lowest BCUT2D eigenvalue weighted by Gasteiger charge is -2.33. The van der Waals surface area contributed by atoms with Crippen LogP contribution < -0.4 is 5.56 Å². The number of aryl methyl sites for hydroxylation is 1. The van der Waals surface area contributed by atoms with Gasteiger partial charge in [-0.05, 0) is 30.4 Å². The molecule has 0 aliphatic carbocycles. The summed E-state index contributed by atoms with van der Waals surface area (Å²) in [6, 6.07) is 5.94. The molecule has 1 N–H and O–H groups in total. The Hall–Kier alpha value is -2.78. The highest BCUT2D eigenvalue weighted by Gasteiger charge is 2.30. The zero-order valence-corrected chi connectivity index (χ0v) is 18.4. The molecule has 1 fully saturated rings. The molecule has 0 radical (unpaired) electrons. The van der Waals surface area contributed by atoms with E-state index in [9.17, 15) is 9.59 Å². The van der Waals surface area contributed by atoms with E-state index in [2.05, 4.69) is 32.5 Å². The molecule has 1 atom stereocenters. The van der Waals surface area contributed by atoms with Crippen LogP contribution in [0.2, 0.25) is 0 Å². The van der Waals surface area contributed by atoms with Crippen molar-refractivity contribution in [3.63, 3.8) is 0 Å². The van der Waals surface area contributed by atoms with Gasteiger partial charge in [-0.25, -0.2) is 4.98 Å². The first-order chi connectivity index (χ1) is 15.1. The summed E-state index contributed by atoms with van der Waals surface area (Å²) in [5, 5.41) is 6.19. The minimum absolute atomic E-state index is 0.0192. The van der Waals surface area contributed by atoms with Crippen molar-refractivity contribution in [2.45, 2.75) is 38.3 Å². The Morgan fingerprint density at radius 2 is 2.23 bits per heavy atom. The van der Waals surface area contributed by atoms with Gasteiger partial charge in [-0.15, -0.1) is 11.3 Å². The Morgan fingerprint density at radius 1 is 1.32 bits per heavy atom. The summed E-state index contributed by atoms with van der Waals surface area (Å²) in [6.07, 6.45) is 4.23. The Morgan fingerprint density at radius 3 is 3.00 bits per heavy atom. The van der Waals surface area contributed by atoms with Crippen molar-refractivity contribution in [1.29, 1.82) is 0 Å². The number of hydrogen-bond acceptors (Lipinski definition) is 6. The van der Waals surface area contributed by atoms with Crippen molar-refractivity contribution < 1.29 is 4.79 Å². The van der Waals surface area contributed by atoms with Gasteiger partial charge in [0.05, 0.1) is 11.3 Å². The Labute approximate surface area is 184 Å². The molecule has 3 aromatic heterocycles. The van der Waals surface area contributed by atoms with Gasteiger partial charge in [0.25, 0.3) is 11.5 Å². The van der Waals surface area contributed by atoms with Crippen LogP contribution in [0.15, 0.2) is 34.6 Å². The largest absolute Gasteiger partial charge is 0.337 e. The van der Waals surface area contributed by atoms with Crippen LogP contribution in [0.1, 0.15) is 51.2 Å². The summed E-state index contributed by atoms with van der Waals surface area (Å²) in [7, 11) is 1.78. The Bertz CT molecular complexity index is 1140. The van der Waals surface area contributed by atoms with Gasteiger partial charge in [-0.3, -0.25) is 19.2 Å². The SMILES string of the molecule is Cn1nccc1C(=O)N1CCCC(c2nc3c(c(=O)[nH]2)CN(Cc2cccs2)CC3)C1. The molecule has 1 unspecified atom stereocenters. The average molecular weight is 439 g/mol. The smallest absolute Gasteiger partial charge is 0.272 e. The highest BCUT2D eigenvalue weighted by atomic mass is 32.1. The number of carbonyl (C=O) groups excluding carboxylic acids is 1. The van der Waals surface area contributed by atoms with E-state index < -0.39 is 0 Å². The molecule has 0 bridgehead atoms. The number of thiophene rings is 1. The molecular formula is C22H26N6O2S. The maximum Gasteiger partial charge on any atom is 0.272 e. The van der Waals surface area contributed by atoms with Crippen LogP contribution >= 0.6 is 11.3 Å². The zero-order valence-electron chi connectivity index (χ0n) is 17.6. The number of hydrogen-bond donors (Lipinski definition) is 1. The van der Waals surface area contributed by atoms with Crippen molar-refractivity contribution in [3.8, 4) is 0 Å². The molecule has 1 saturated heterocycles. The van der Waals surface area contributed by atoms with Gasteiger partial charge in [0.15, 0.2) is 0 Å². The van der Waals surface area contributed by atoms with Crippen molar-refractivity contribution in [2.24, 2.45) is 7.05 Å². The van der Waals surface area contributed by atoms with Crippen molar-refractivity contribution in [1.82, 2.24) is 29.5 Å². The van der Waals surface area contributed by atoms with E-state index in [1.807, 2.05) is 4.90 Å². The summed E-state index contributed by atoms with van der Waals surface area (Å²) < 4.78 is 1.60. The molecule has 5 rings (SSSR count). The van der Waals surface area contributed by atoms with E-state index in [0.29, 0.717) is 25.3 Å². The minimum Gasteiger partial charge on any atom is -0.337 e. The number of fused-ring (bicyclic) bond motifs is 1. The topological polar surface area (TPSA) is 87.1 Å². The van der Waals surface area contributed by atoms with E-state index in [-0.39, 0.29) is 17.4 Å². The van der Waals surface area contributed by atoms with Gasteiger partial charge in [0, 0.05) is 63.2 Å². The molecule has 31 heavy (non-hydrogen) atoms. The normalized spacial score (nSPS) is 19.4. The molecule has 0 aromatic carbocycles. The van der Waals surface area contributed by atoms with E-state index in [1.54, 1.807) is 35.3 Å². The maximum atomic E-state index is 12.9. The van der Waals surface area contributed by atoms with Gasteiger partial charge in [-0.2, -0.15) is 5.10 Å². The van der Waals surface area contributed by atoms with Crippen LogP contribution in [0.5, 0.6) is 0 Å². The molecule has 1 amide bonds. The number of aromatic amines is 1. The molecule has 0 spiro atoms. The number of nitrogens with zero attached hydrogens (tertiary/aromatic N) is 5. The van der Waals surface area contributed by atoms with E-state index in [0.717, 1.165) is 49.4 Å². The third-order valence-electron chi connectivity index (χ3n) is 6.26. The number of piperidine rings is 1. The molecule has 3 aromatic rings. The van der Waals surface area contributed by atoms with E-state index in [1.165, 1.54) is 4.88 Å². The number of H-pyrrole nitrogens is 1. The van der Waals surface area contributed by atoms with Crippen LogP contribution in [-0.2, 0) is 26.6 Å². The fraction of sp³-hybridized carbons (Fsp3) is 0.455. The fourth-order valence-corrected chi connectivity index (χ4v) is 5.33. The minimum atomic E-state index is -0.0361. The molecule has 9 heteroatoms. The van der Waals surface area contributed by atoms with Crippen LogP contribution in [0.25, 0.3) is 0 Å². The quantitative estimate of drug-likeness (QED) is 0.674. The predicted molar refractivity (Wildman–Crippen MR) is 118 cm³/mol. The first-order valence-electron chi connectivity index (χ1n) is 10.7. The zero-order chi connectivity index (χ0) is 21.4. The number of amides is 1. The number of nitrogens with one attached hydrogen (secondary N) is 1. The summed E-state index contributed by atoms with van der Waals surface area (Å²) in [4.78, 5) is 39.2. The number of likely N-dealkylation sites (tertiary alicyclic amines) is 1. The third-order valence-corrected chi connectivity index (χ3v) is 7.12. The lowest BCUT2D eigenvalue weighted by atomic mass is 9.96. The predicted octanol–water partition coefficient (Wildman–Crippen LogP) is 2.14. The second-order valence-electron chi connectivity index (χ2n) is 8.35. The van der Waals surface area contributed by atoms with Crippen LogP contribution in [0, 0.1) is 0 Å². The molecule has 2 aliphatic rings. The highest BCUT2D eigenvalue weighted by Crippen LogP contribution is 2.26. The third kappa shape index (κ3) is 4.07. The van der Waals surface area contributed by atoms with Gasteiger partial charge in [0.2, 0.25) is 0 Å². The molecule has 5 heterocycles. The summed E-state index contributed by atoms with van der Waals surface area (Å²) in [6.45, 7) is 3.68. The first-order valence-corrected chi connectivity index (χ1v) is 11.6. The summed E-state index contributed by atoms with van der Waals surface area (Å²) in [5.41, 5.74) is 2.24. The number of carbonyl (C=O) groups is 1. The summed E-state index contributed by atoms with van der Waals surface area (Å²) >= 11 is 1.74. The van der Waals surface area contributed by atoms with E-state index >= 15 is 0 Å². The van der Waals surface area contributed by atoms with Gasteiger partial charge < -0.3 is 9.88 Å². The van der Waals surface area contributed by atoms with Crippen molar-refractivity contribution in [3.05, 3.63) is 67.8 Å². The number of rotatable bonds is 4. The standard InChI is InChI=1S/C22H26N6O2S/c1-26-19(6-8-23-26)22(30)28-9-2-4-15(12-28)20-24-18-7-10-27(13-16-5-3-11-31-16)14-17(18)21(29)25-20/h3,5-6,8,11,15H,2,4,7,9-10,12-14H2,1H3,(H,24,25,29). The van der Waals surface area contributed by atoms with Crippen molar-refractivity contribution >= 4 is 17.2 Å². The summed E-state index contributed by atoms with van der Waals surface area (Å²) in [5.74, 6) is 0.750. The average Bonchev–Trinajstić information content (AvgIpc) is 3.45. The second-order valence-corrected chi connectivity index (χ2v) is 9.38. The van der Waals surface area contributed by atoms with Crippen LogP contribution in [0.3, 0.4) is 0 Å². The maximum absolute atomic E-state index is 12.9. The lowest BCUT2D eigenvalue weighted by Crippen LogP contribution is -2.41. The van der Waals surface area contributed by atoms with Crippen LogP contribution in [0.4, 0.5) is 0 Å². The fourth-order valence-electron chi connectivity index (χ4n) is 4.58. The van der Waals surface area contributed by atoms with Gasteiger partial charge >= 0.3 is 0 Å². The van der Waals surface area contributed by atoms with Gasteiger partial charge in [-0.1, -0.05) is 6.07 Å². The molecule has 162 valence electrons. The van der Waals surface area contributed by atoms with Crippen LogP contribution in [-0.4, -0.2) is 55.1 Å². The molecule has 8 nitrogen and oxygen atoms in total. The number of aromatic nitrogens is 4. The second kappa shape index (κ2) is 8.39. The monoisotopic (exact) mass is 438 g/mol. The highest BCUT2D eigenvalue weighted by molar-refractivity contribution is 7.09.